The summed E-state index contributed by atoms with van der Waals surface area (Å²) in [5, 5.41) is 5.21. The highest BCUT2D eigenvalue weighted by atomic mass is 35.5. The van der Waals surface area contributed by atoms with Gasteiger partial charge in [-0.2, -0.15) is 0 Å². The number of aryl methyl sites for hydroxylation is 2. The van der Waals surface area contributed by atoms with Gasteiger partial charge in [0.1, 0.15) is 5.82 Å². The summed E-state index contributed by atoms with van der Waals surface area (Å²) < 4.78 is 0. The van der Waals surface area contributed by atoms with Crippen LogP contribution in [0.4, 0.5) is 11.5 Å². The largest absolute Gasteiger partial charge is 0.361 e. The molecule has 3 nitrogen and oxygen atoms in total. The summed E-state index contributed by atoms with van der Waals surface area (Å²) in [6.45, 7) is 4.26. The van der Waals surface area contributed by atoms with Crippen LogP contribution in [-0.2, 0) is 6.42 Å². The number of aromatic nitrogens is 2. The van der Waals surface area contributed by atoms with E-state index in [1.807, 2.05) is 24.4 Å². The second-order valence-corrected chi connectivity index (χ2v) is 5.72. The number of hydrogen-bond acceptors (Lipinski definition) is 2. The number of nitrogens with zero attached hydrogens (tertiary/aromatic N) is 1. The maximum atomic E-state index is 6.18. The molecule has 2 aromatic heterocycles. The molecule has 0 spiro atoms. The van der Waals surface area contributed by atoms with Gasteiger partial charge in [-0.1, -0.05) is 24.9 Å². The van der Waals surface area contributed by atoms with Crippen LogP contribution in [0, 0.1) is 6.92 Å². The van der Waals surface area contributed by atoms with Crippen molar-refractivity contribution in [2.24, 2.45) is 0 Å². The lowest BCUT2D eigenvalue weighted by Crippen LogP contribution is -1.98. The Labute approximate surface area is 129 Å². The number of nitrogens with one attached hydrogen (secondary N) is 2. The third-order valence-electron chi connectivity index (χ3n) is 3.43. The zero-order valence-corrected chi connectivity index (χ0v) is 13.0. The standard InChI is InChI=1S/C17H18ClN3/c1-3-4-13-7-11(2)8-17(20-13)21-16-10-12(18)9-15-14(16)5-6-19-15/h5-10,19H,3-4H2,1-2H3,(H,20,21). The summed E-state index contributed by atoms with van der Waals surface area (Å²) in [4.78, 5) is 7.86. The van der Waals surface area contributed by atoms with Crippen molar-refractivity contribution < 1.29 is 0 Å². The summed E-state index contributed by atoms with van der Waals surface area (Å²) in [6.07, 6.45) is 4.00. The normalized spacial score (nSPS) is 11.0. The lowest BCUT2D eigenvalue weighted by atomic mass is 10.1. The van der Waals surface area contributed by atoms with E-state index in [-0.39, 0.29) is 0 Å². The predicted octanol–water partition coefficient (Wildman–Crippen LogP) is 5.22. The summed E-state index contributed by atoms with van der Waals surface area (Å²) in [5.74, 6) is 0.864. The van der Waals surface area contributed by atoms with Gasteiger partial charge in [0.05, 0.1) is 5.69 Å². The molecule has 0 amide bonds. The molecule has 0 fully saturated rings. The quantitative estimate of drug-likeness (QED) is 0.693. The second-order valence-electron chi connectivity index (χ2n) is 5.29. The Morgan fingerprint density at radius 3 is 2.90 bits per heavy atom. The average molecular weight is 300 g/mol. The summed E-state index contributed by atoms with van der Waals surface area (Å²) in [7, 11) is 0. The van der Waals surface area contributed by atoms with Crippen molar-refractivity contribution in [1.29, 1.82) is 0 Å². The SMILES string of the molecule is CCCc1cc(C)cc(Nc2cc(Cl)cc3[nH]ccc23)n1. The van der Waals surface area contributed by atoms with Gasteiger partial charge >= 0.3 is 0 Å². The van der Waals surface area contributed by atoms with E-state index in [9.17, 15) is 0 Å². The molecule has 4 heteroatoms. The monoisotopic (exact) mass is 299 g/mol. The zero-order chi connectivity index (χ0) is 14.8. The molecule has 0 bridgehead atoms. The molecular formula is C17H18ClN3. The van der Waals surface area contributed by atoms with Crippen molar-refractivity contribution in [2.45, 2.75) is 26.7 Å². The van der Waals surface area contributed by atoms with E-state index in [1.54, 1.807) is 0 Å². The molecule has 0 radical (unpaired) electrons. The minimum absolute atomic E-state index is 0.703. The minimum Gasteiger partial charge on any atom is -0.361 e. The number of fused-ring (bicyclic) bond motifs is 1. The Kier molecular flexibility index (Phi) is 3.84. The summed E-state index contributed by atoms with van der Waals surface area (Å²) in [5.41, 5.74) is 4.32. The van der Waals surface area contributed by atoms with Crippen LogP contribution in [0.1, 0.15) is 24.6 Å². The van der Waals surface area contributed by atoms with E-state index in [2.05, 4.69) is 41.3 Å². The molecule has 0 aliphatic rings. The van der Waals surface area contributed by atoms with Crippen molar-refractivity contribution >= 4 is 34.0 Å². The molecule has 0 aliphatic heterocycles. The van der Waals surface area contributed by atoms with Gasteiger partial charge < -0.3 is 10.3 Å². The van der Waals surface area contributed by atoms with Gasteiger partial charge in [0.2, 0.25) is 0 Å². The molecule has 21 heavy (non-hydrogen) atoms. The van der Waals surface area contributed by atoms with E-state index < -0.39 is 0 Å². The van der Waals surface area contributed by atoms with Crippen LogP contribution in [0.3, 0.4) is 0 Å². The molecule has 2 heterocycles. The molecule has 2 N–H and O–H groups in total. The molecular weight excluding hydrogens is 282 g/mol. The van der Waals surface area contributed by atoms with Crippen molar-refractivity contribution in [2.75, 3.05) is 5.32 Å². The fraction of sp³-hybridized carbons (Fsp3) is 0.235. The zero-order valence-electron chi connectivity index (χ0n) is 12.2. The Morgan fingerprint density at radius 2 is 2.10 bits per heavy atom. The lowest BCUT2D eigenvalue weighted by Gasteiger charge is -2.10. The van der Waals surface area contributed by atoms with Crippen LogP contribution in [0.25, 0.3) is 10.9 Å². The Balaban J connectivity index is 2.00. The Hall–Kier alpha value is -2.00. The van der Waals surface area contributed by atoms with E-state index in [0.717, 1.165) is 40.9 Å². The molecule has 1 aromatic carbocycles. The molecule has 3 aromatic rings. The smallest absolute Gasteiger partial charge is 0.130 e. The maximum absolute atomic E-state index is 6.18. The average Bonchev–Trinajstić information content (AvgIpc) is 2.86. The molecule has 0 atom stereocenters. The first-order chi connectivity index (χ1) is 10.2. The minimum atomic E-state index is 0.703. The first-order valence-electron chi connectivity index (χ1n) is 7.17. The van der Waals surface area contributed by atoms with Gasteiger partial charge in [-0.3, -0.25) is 0 Å². The van der Waals surface area contributed by atoms with Gasteiger partial charge in [-0.15, -0.1) is 0 Å². The molecule has 0 unspecified atom stereocenters. The van der Waals surface area contributed by atoms with Gasteiger partial charge in [0.15, 0.2) is 0 Å². The Bertz CT molecular complexity index is 777. The lowest BCUT2D eigenvalue weighted by molar-refractivity contribution is 0.882. The molecule has 108 valence electrons. The van der Waals surface area contributed by atoms with Crippen LogP contribution in [0.2, 0.25) is 5.02 Å². The van der Waals surface area contributed by atoms with Crippen LogP contribution in [-0.4, -0.2) is 9.97 Å². The van der Waals surface area contributed by atoms with Crippen LogP contribution >= 0.6 is 11.6 Å². The number of aromatic amines is 1. The number of anilines is 2. The van der Waals surface area contributed by atoms with Crippen molar-refractivity contribution in [3.63, 3.8) is 0 Å². The van der Waals surface area contributed by atoms with E-state index >= 15 is 0 Å². The predicted molar refractivity (Wildman–Crippen MR) is 89.6 cm³/mol. The van der Waals surface area contributed by atoms with Gasteiger partial charge in [-0.05, 0) is 49.2 Å². The van der Waals surface area contributed by atoms with E-state index in [0.29, 0.717) is 5.02 Å². The number of pyridine rings is 1. The molecule has 0 saturated carbocycles. The third-order valence-corrected chi connectivity index (χ3v) is 3.64. The first kappa shape index (κ1) is 14.0. The number of benzene rings is 1. The Morgan fingerprint density at radius 1 is 1.24 bits per heavy atom. The number of halogens is 1. The van der Waals surface area contributed by atoms with Crippen LogP contribution in [0.5, 0.6) is 0 Å². The fourth-order valence-electron chi connectivity index (χ4n) is 2.56. The molecule has 0 aliphatic carbocycles. The molecule has 3 rings (SSSR count). The summed E-state index contributed by atoms with van der Waals surface area (Å²) >= 11 is 6.18. The first-order valence-corrected chi connectivity index (χ1v) is 7.54. The number of H-pyrrole nitrogens is 1. The second kappa shape index (κ2) is 5.78. The van der Waals surface area contributed by atoms with Gasteiger partial charge in [-0.25, -0.2) is 4.98 Å². The number of hydrogen-bond donors (Lipinski definition) is 2. The number of rotatable bonds is 4. The summed E-state index contributed by atoms with van der Waals surface area (Å²) in [6, 6.07) is 10.1. The van der Waals surface area contributed by atoms with Crippen molar-refractivity contribution in [1.82, 2.24) is 9.97 Å². The van der Waals surface area contributed by atoms with Crippen LogP contribution < -0.4 is 5.32 Å². The topological polar surface area (TPSA) is 40.7 Å². The highest BCUT2D eigenvalue weighted by molar-refractivity contribution is 6.31. The molecule has 0 saturated heterocycles. The van der Waals surface area contributed by atoms with Crippen LogP contribution in [0.15, 0.2) is 36.5 Å². The van der Waals surface area contributed by atoms with Gasteiger partial charge in [0, 0.05) is 27.8 Å². The van der Waals surface area contributed by atoms with Crippen molar-refractivity contribution in [3.8, 4) is 0 Å². The highest BCUT2D eigenvalue weighted by Crippen LogP contribution is 2.29. The van der Waals surface area contributed by atoms with Crippen molar-refractivity contribution in [3.05, 3.63) is 52.8 Å². The highest BCUT2D eigenvalue weighted by Gasteiger charge is 2.07. The van der Waals surface area contributed by atoms with E-state index in [4.69, 9.17) is 11.6 Å². The fourth-order valence-corrected chi connectivity index (χ4v) is 2.78. The van der Waals surface area contributed by atoms with E-state index in [1.165, 1.54) is 5.56 Å². The van der Waals surface area contributed by atoms with Gasteiger partial charge in [0.25, 0.3) is 0 Å². The maximum Gasteiger partial charge on any atom is 0.130 e. The third kappa shape index (κ3) is 3.03.